The van der Waals surface area contributed by atoms with Crippen molar-refractivity contribution in [1.82, 2.24) is 10.2 Å². The van der Waals surface area contributed by atoms with Gasteiger partial charge in [-0.25, -0.2) is 4.39 Å². The molecule has 5 nitrogen and oxygen atoms in total. The second-order valence-electron chi connectivity index (χ2n) is 8.78. The van der Waals surface area contributed by atoms with Crippen LogP contribution in [-0.2, 0) is 22.6 Å². The highest BCUT2D eigenvalue weighted by molar-refractivity contribution is 5.88. The largest absolute Gasteiger partial charge is 0.494 e. The Morgan fingerprint density at radius 3 is 2.14 bits per heavy atom. The highest BCUT2D eigenvalue weighted by atomic mass is 19.1. The van der Waals surface area contributed by atoms with Crippen LogP contribution in [-0.4, -0.2) is 35.4 Å². The standard InChI is InChI=1S/C29H33FN2O3/c1-22(2)31-29(34)27(20-23-10-5-3-6-11-23)32(21-24-15-17-25(30)18-16-24)28(33)14-9-19-35-26-12-7-4-8-13-26/h3-8,10-13,15-18,22,27H,9,14,19-21H2,1-2H3,(H,31,34)/t27-/m0/s1. The number of carbonyl (C=O) groups is 2. The third-order valence-electron chi connectivity index (χ3n) is 5.52. The van der Waals surface area contributed by atoms with E-state index in [1.807, 2.05) is 74.5 Å². The maximum absolute atomic E-state index is 13.5. The molecule has 3 aromatic carbocycles. The van der Waals surface area contributed by atoms with Crippen molar-refractivity contribution in [2.24, 2.45) is 0 Å². The smallest absolute Gasteiger partial charge is 0.243 e. The van der Waals surface area contributed by atoms with Gasteiger partial charge in [-0.05, 0) is 55.7 Å². The summed E-state index contributed by atoms with van der Waals surface area (Å²) >= 11 is 0. The number of benzene rings is 3. The normalized spacial score (nSPS) is 11.7. The average molecular weight is 477 g/mol. The molecule has 0 saturated heterocycles. The topological polar surface area (TPSA) is 58.6 Å². The second kappa shape index (κ2) is 13.3. The highest BCUT2D eigenvalue weighted by Crippen LogP contribution is 2.17. The van der Waals surface area contributed by atoms with Crippen molar-refractivity contribution >= 4 is 11.8 Å². The second-order valence-corrected chi connectivity index (χ2v) is 8.78. The Hall–Kier alpha value is -3.67. The fourth-order valence-electron chi connectivity index (χ4n) is 3.79. The predicted octanol–water partition coefficient (Wildman–Crippen LogP) is 5.15. The number of rotatable bonds is 12. The first-order valence-electron chi connectivity index (χ1n) is 12.0. The van der Waals surface area contributed by atoms with E-state index in [9.17, 15) is 14.0 Å². The summed E-state index contributed by atoms with van der Waals surface area (Å²) in [6.07, 6.45) is 1.12. The Balaban J connectivity index is 1.78. The lowest BCUT2D eigenvalue weighted by atomic mass is 10.0. The Bertz CT molecular complexity index is 1060. The zero-order valence-electron chi connectivity index (χ0n) is 20.3. The van der Waals surface area contributed by atoms with E-state index in [1.165, 1.54) is 12.1 Å². The fourth-order valence-corrected chi connectivity index (χ4v) is 3.79. The van der Waals surface area contributed by atoms with E-state index in [-0.39, 0.29) is 36.6 Å². The molecule has 1 N–H and O–H groups in total. The molecule has 0 radical (unpaired) electrons. The minimum absolute atomic E-state index is 0.0668. The van der Waals surface area contributed by atoms with Gasteiger partial charge in [-0.15, -0.1) is 0 Å². The lowest BCUT2D eigenvalue weighted by Crippen LogP contribution is -2.51. The van der Waals surface area contributed by atoms with E-state index in [1.54, 1.807) is 17.0 Å². The number of hydrogen-bond donors (Lipinski definition) is 1. The Kier molecular flexibility index (Phi) is 9.84. The molecule has 0 aromatic heterocycles. The van der Waals surface area contributed by atoms with Gasteiger partial charge < -0.3 is 15.0 Å². The molecule has 0 aliphatic rings. The Morgan fingerprint density at radius 2 is 1.51 bits per heavy atom. The minimum Gasteiger partial charge on any atom is -0.494 e. The summed E-state index contributed by atoms with van der Waals surface area (Å²) in [6, 6.07) is 24.4. The molecule has 0 spiro atoms. The molecule has 1 atom stereocenters. The summed E-state index contributed by atoms with van der Waals surface area (Å²) in [5, 5.41) is 2.96. The molecule has 2 amide bonds. The minimum atomic E-state index is -0.701. The molecule has 0 heterocycles. The number of nitrogens with zero attached hydrogens (tertiary/aromatic N) is 1. The SMILES string of the molecule is CC(C)NC(=O)[C@H](Cc1ccccc1)N(Cc1ccc(F)cc1)C(=O)CCCOc1ccccc1. The number of para-hydroxylation sites is 1. The van der Waals surface area contributed by atoms with Gasteiger partial charge in [-0.3, -0.25) is 9.59 Å². The first-order chi connectivity index (χ1) is 16.9. The zero-order valence-corrected chi connectivity index (χ0v) is 20.3. The van der Waals surface area contributed by atoms with Gasteiger partial charge in [-0.2, -0.15) is 0 Å². The quantitative estimate of drug-likeness (QED) is 0.368. The van der Waals surface area contributed by atoms with Crippen molar-refractivity contribution < 1.29 is 18.7 Å². The van der Waals surface area contributed by atoms with Gasteiger partial charge in [0.2, 0.25) is 11.8 Å². The van der Waals surface area contributed by atoms with Gasteiger partial charge in [0.25, 0.3) is 0 Å². The van der Waals surface area contributed by atoms with Crippen LogP contribution in [0.5, 0.6) is 5.75 Å². The summed E-state index contributed by atoms with van der Waals surface area (Å²) in [5.41, 5.74) is 1.72. The van der Waals surface area contributed by atoms with Crippen LogP contribution in [0.1, 0.15) is 37.8 Å². The van der Waals surface area contributed by atoms with Gasteiger partial charge in [0, 0.05) is 25.4 Å². The molecule has 0 aliphatic carbocycles. The van der Waals surface area contributed by atoms with Crippen LogP contribution in [0.2, 0.25) is 0 Å². The summed E-state index contributed by atoms with van der Waals surface area (Å²) in [5.74, 6) is 0.0510. The molecular formula is C29H33FN2O3. The van der Waals surface area contributed by atoms with Gasteiger partial charge in [0.05, 0.1) is 6.61 Å². The summed E-state index contributed by atoms with van der Waals surface area (Å²) in [6.45, 7) is 4.39. The van der Waals surface area contributed by atoms with Crippen LogP contribution < -0.4 is 10.1 Å². The van der Waals surface area contributed by atoms with Crippen molar-refractivity contribution in [3.8, 4) is 5.75 Å². The molecular weight excluding hydrogens is 443 g/mol. The van der Waals surface area contributed by atoms with E-state index < -0.39 is 6.04 Å². The predicted molar refractivity (Wildman–Crippen MR) is 135 cm³/mol. The maximum atomic E-state index is 13.5. The first-order valence-corrected chi connectivity index (χ1v) is 12.0. The highest BCUT2D eigenvalue weighted by Gasteiger charge is 2.30. The average Bonchev–Trinajstić information content (AvgIpc) is 2.86. The third kappa shape index (κ3) is 8.56. The maximum Gasteiger partial charge on any atom is 0.243 e. The van der Waals surface area contributed by atoms with Crippen LogP contribution in [0.3, 0.4) is 0 Å². The Labute approximate surface area is 206 Å². The van der Waals surface area contributed by atoms with Crippen LogP contribution in [0, 0.1) is 5.82 Å². The van der Waals surface area contributed by atoms with Crippen molar-refractivity contribution in [2.45, 2.75) is 51.7 Å². The first kappa shape index (κ1) is 25.9. The molecule has 0 aliphatic heterocycles. The van der Waals surface area contributed by atoms with Crippen LogP contribution in [0.15, 0.2) is 84.9 Å². The van der Waals surface area contributed by atoms with E-state index in [4.69, 9.17) is 4.74 Å². The Morgan fingerprint density at radius 1 is 0.886 bits per heavy atom. The van der Waals surface area contributed by atoms with Gasteiger partial charge in [0.1, 0.15) is 17.6 Å². The van der Waals surface area contributed by atoms with E-state index in [0.29, 0.717) is 19.4 Å². The van der Waals surface area contributed by atoms with Gasteiger partial charge in [-0.1, -0.05) is 60.7 Å². The number of hydrogen-bond acceptors (Lipinski definition) is 3. The molecule has 184 valence electrons. The van der Waals surface area contributed by atoms with Crippen LogP contribution in [0.25, 0.3) is 0 Å². The van der Waals surface area contributed by atoms with Crippen LogP contribution >= 0.6 is 0 Å². The fraction of sp³-hybridized carbons (Fsp3) is 0.310. The molecule has 3 aromatic rings. The van der Waals surface area contributed by atoms with Crippen molar-refractivity contribution in [1.29, 1.82) is 0 Å². The number of carbonyl (C=O) groups excluding carboxylic acids is 2. The van der Waals surface area contributed by atoms with E-state index in [2.05, 4.69) is 5.32 Å². The number of halogens is 1. The van der Waals surface area contributed by atoms with E-state index >= 15 is 0 Å². The number of ether oxygens (including phenoxy) is 1. The van der Waals surface area contributed by atoms with Crippen LogP contribution in [0.4, 0.5) is 4.39 Å². The lowest BCUT2D eigenvalue weighted by molar-refractivity contribution is -0.141. The molecule has 3 rings (SSSR count). The van der Waals surface area contributed by atoms with Gasteiger partial charge in [0.15, 0.2) is 0 Å². The van der Waals surface area contributed by atoms with E-state index in [0.717, 1.165) is 16.9 Å². The van der Waals surface area contributed by atoms with Crippen molar-refractivity contribution in [2.75, 3.05) is 6.61 Å². The number of amides is 2. The third-order valence-corrected chi connectivity index (χ3v) is 5.52. The zero-order chi connectivity index (χ0) is 25.0. The molecule has 0 saturated carbocycles. The summed E-state index contributed by atoms with van der Waals surface area (Å²) in [4.78, 5) is 28.3. The number of nitrogens with one attached hydrogen (secondary N) is 1. The molecule has 0 bridgehead atoms. The summed E-state index contributed by atoms with van der Waals surface area (Å²) in [7, 11) is 0. The summed E-state index contributed by atoms with van der Waals surface area (Å²) < 4.78 is 19.2. The van der Waals surface area contributed by atoms with Gasteiger partial charge >= 0.3 is 0 Å². The monoisotopic (exact) mass is 476 g/mol. The van der Waals surface area contributed by atoms with Crippen molar-refractivity contribution in [3.63, 3.8) is 0 Å². The lowest BCUT2D eigenvalue weighted by Gasteiger charge is -2.32. The molecule has 0 unspecified atom stereocenters. The molecule has 35 heavy (non-hydrogen) atoms. The molecule has 0 fully saturated rings. The van der Waals surface area contributed by atoms with Crippen molar-refractivity contribution in [3.05, 3.63) is 102 Å². The molecule has 6 heteroatoms.